The van der Waals surface area contributed by atoms with E-state index in [9.17, 15) is 9.59 Å². The molecule has 1 aromatic carbocycles. The number of allylic oxidation sites excluding steroid dienone is 2. The van der Waals surface area contributed by atoms with Gasteiger partial charge in [-0.05, 0) is 48.9 Å². The molecule has 2 amide bonds. The molecule has 1 saturated carbocycles. The maximum atomic E-state index is 12.0. The first-order valence-corrected chi connectivity index (χ1v) is 7.51. The van der Waals surface area contributed by atoms with Gasteiger partial charge in [-0.15, -0.1) is 0 Å². The van der Waals surface area contributed by atoms with Crippen LogP contribution >= 0.6 is 0 Å². The average Bonchev–Trinajstić information content (AvgIpc) is 3.10. The van der Waals surface area contributed by atoms with E-state index in [1.165, 1.54) is 13.3 Å². The SMILES string of the molecule is CC(=O)Nc1ccc(C(=O)N/N=C\[C@H]2C[C@H]3C=C[C@H]2C3)cc1. The van der Waals surface area contributed by atoms with E-state index < -0.39 is 0 Å². The number of rotatable bonds is 4. The molecule has 3 atom stereocenters. The van der Waals surface area contributed by atoms with Gasteiger partial charge in [-0.1, -0.05) is 12.2 Å². The molecule has 0 spiro atoms. The van der Waals surface area contributed by atoms with Crippen molar-refractivity contribution in [3.8, 4) is 0 Å². The zero-order valence-electron chi connectivity index (χ0n) is 12.5. The van der Waals surface area contributed by atoms with Crippen LogP contribution in [0.15, 0.2) is 41.5 Å². The molecule has 0 radical (unpaired) electrons. The van der Waals surface area contributed by atoms with Crippen molar-refractivity contribution in [1.29, 1.82) is 0 Å². The monoisotopic (exact) mass is 297 g/mol. The molecule has 0 saturated heterocycles. The number of carbonyl (C=O) groups is 2. The standard InChI is InChI=1S/C17H19N3O2/c1-11(21)19-16-6-4-13(5-7-16)17(22)20-18-10-15-9-12-2-3-14(15)8-12/h2-7,10,12,14-15H,8-9H2,1H3,(H,19,21)(H,20,22)/b18-10-/t12-,14-,15+/m0/s1. The molecule has 2 aliphatic rings. The van der Waals surface area contributed by atoms with E-state index in [4.69, 9.17) is 0 Å². The molecule has 22 heavy (non-hydrogen) atoms. The lowest BCUT2D eigenvalue weighted by Gasteiger charge is -2.11. The first kappa shape index (κ1) is 14.5. The molecule has 3 rings (SSSR count). The average molecular weight is 297 g/mol. The highest BCUT2D eigenvalue weighted by atomic mass is 16.2. The predicted molar refractivity (Wildman–Crippen MR) is 85.5 cm³/mol. The van der Waals surface area contributed by atoms with Crippen molar-refractivity contribution in [2.24, 2.45) is 22.9 Å². The number of fused-ring (bicyclic) bond motifs is 2. The number of nitrogens with one attached hydrogen (secondary N) is 2. The van der Waals surface area contributed by atoms with Crippen molar-refractivity contribution in [3.63, 3.8) is 0 Å². The summed E-state index contributed by atoms with van der Waals surface area (Å²) in [7, 11) is 0. The summed E-state index contributed by atoms with van der Waals surface area (Å²) in [5.41, 5.74) is 3.75. The Bertz CT molecular complexity index is 634. The van der Waals surface area contributed by atoms with Gasteiger partial charge in [0, 0.05) is 30.3 Å². The maximum absolute atomic E-state index is 12.0. The Morgan fingerprint density at radius 1 is 1.18 bits per heavy atom. The molecular formula is C17H19N3O2. The van der Waals surface area contributed by atoms with Gasteiger partial charge < -0.3 is 5.32 Å². The van der Waals surface area contributed by atoms with E-state index >= 15 is 0 Å². The number of hydrogen-bond donors (Lipinski definition) is 2. The number of hydrazone groups is 1. The Kier molecular flexibility index (Phi) is 4.04. The summed E-state index contributed by atoms with van der Waals surface area (Å²) < 4.78 is 0. The Morgan fingerprint density at radius 3 is 2.55 bits per heavy atom. The normalized spacial score (nSPS) is 25.6. The number of hydrogen-bond acceptors (Lipinski definition) is 3. The molecule has 5 heteroatoms. The molecule has 0 unspecified atom stereocenters. The molecule has 0 heterocycles. The third kappa shape index (κ3) is 3.24. The molecule has 0 aromatic heterocycles. The van der Waals surface area contributed by atoms with Crippen LogP contribution in [0.4, 0.5) is 5.69 Å². The van der Waals surface area contributed by atoms with Gasteiger partial charge in [0.25, 0.3) is 5.91 Å². The Labute approximate surface area is 129 Å². The van der Waals surface area contributed by atoms with Gasteiger partial charge in [0.15, 0.2) is 0 Å². The predicted octanol–water partition coefficient (Wildman–Crippen LogP) is 2.57. The Morgan fingerprint density at radius 2 is 1.95 bits per heavy atom. The fourth-order valence-corrected chi connectivity index (χ4v) is 3.16. The van der Waals surface area contributed by atoms with Crippen LogP contribution in [0.25, 0.3) is 0 Å². The zero-order chi connectivity index (χ0) is 15.5. The summed E-state index contributed by atoms with van der Waals surface area (Å²) in [6, 6.07) is 6.72. The molecule has 2 bridgehead atoms. The number of anilines is 1. The third-order valence-corrected chi connectivity index (χ3v) is 4.23. The van der Waals surface area contributed by atoms with Crippen LogP contribution in [0, 0.1) is 17.8 Å². The zero-order valence-corrected chi connectivity index (χ0v) is 12.5. The summed E-state index contributed by atoms with van der Waals surface area (Å²) in [6.07, 6.45) is 8.75. The summed E-state index contributed by atoms with van der Waals surface area (Å²) in [6.45, 7) is 1.44. The minimum atomic E-state index is -0.246. The molecule has 114 valence electrons. The topological polar surface area (TPSA) is 70.6 Å². The summed E-state index contributed by atoms with van der Waals surface area (Å²) in [5, 5.41) is 6.75. The van der Waals surface area contributed by atoms with E-state index in [0.29, 0.717) is 29.0 Å². The molecule has 1 fully saturated rings. The van der Waals surface area contributed by atoms with E-state index in [2.05, 4.69) is 28.0 Å². The van der Waals surface area contributed by atoms with Crippen molar-refractivity contribution in [1.82, 2.24) is 5.43 Å². The highest BCUT2D eigenvalue weighted by molar-refractivity contribution is 5.95. The molecule has 1 aromatic rings. The van der Waals surface area contributed by atoms with E-state index in [0.717, 1.165) is 6.42 Å². The van der Waals surface area contributed by atoms with Crippen molar-refractivity contribution in [2.75, 3.05) is 5.32 Å². The molecule has 2 N–H and O–H groups in total. The van der Waals surface area contributed by atoms with Crippen LogP contribution in [0.1, 0.15) is 30.1 Å². The van der Waals surface area contributed by atoms with Gasteiger partial charge in [-0.2, -0.15) is 5.10 Å². The lowest BCUT2D eigenvalue weighted by atomic mass is 9.95. The lowest BCUT2D eigenvalue weighted by molar-refractivity contribution is -0.114. The lowest BCUT2D eigenvalue weighted by Crippen LogP contribution is -2.19. The third-order valence-electron chi connectivity index (χ3n) is 4.23. The van der Waals surface area contributed by atoms with Gasteiger partial charge in [-0.3, -0.25) is 9.59 Å². The van der Waals surface area contributed by atoms with E-state index in [1.807, 2.05) is 6.21 Å². The fourth-order valence-electron chi connectivity index (χ4n) is 3.16. The van der Waals surface area contributed by atoms with E-state index in [1.54, 1.807) is 24.3 Å². The summed E-state index contributed by atoms with van der Waals surface area (Å²) in [4.78, 5) is 22.9. The van der Waals surface area contributed by atoms with Crippen molar-refractivity contribution >= 4 is 23.7 Å². The first-order chi connectivity index (χ1) is 10.6. The highest BCUT2D eigenvalue weighted by Crippen LogP contribution is 2.42. The van der Waals surface area contributed by atoms with Crippen LogP contribution in [0.3, 0.4) is 0 Å². The number of carbonyl (C=O) groups excluding carboxylic acids is 2. The Hall–Kier alpha value is -2.43. The van der Waals surface area contributed by atoms with Crippen LogP contribution < -0.4 is 10.7 Å². The van der Waals surface area contributed by atoms with Crippen LogP contribution in [0.2, 0.25) is 0 Å². The second kappa shape index (κ2) is 6.13. The Balaban J connectivity index is 1.53. The van der Waals surface area contributed by atoms with Crippen molar-refractivity contribution in [2.45, 2.75) is 19.8 Å². The van der Waals surface area contributed by atoms with Gasteiger partial charge >= 0.3 is 0 Å². The van der Waals surface area contributed by atoms with Gasteiger partial charge in [0.1, 0.15) is 0 Å². The summed E-state index contributed by atoms with van der Waals surface area (Å²) >= 11 is 0. The number of nitrogens with zero attached hydrogens (tertiary/aromatic N) is 1. The fraction of sp³-hybridized carbons (Fsp3) is 0.353. The van der Waals surface area contributed by atoms with Crippen molar-refractivity contribution < 1.29 is 9.59 Å². The maximum Gasteiger partial charge on any atom is 0.271 e. The summed E-state index contributed by atoms with van der Waals surface area (Å²) in [5.74, 6) is 1.34. The molecular weight excluding hydrogens is 278 g/mol. The van der Waals surface area contributed by atoms with Crippen molar-refractivity contribution in [3.05, 3.63) is 42.0 Å². The number of amides is 2. The van der Waals surface area contributed by atoms with Gasteiger partial charge in [0.05, 0.1) is 0 Å². The second-order valence-corrected chi connectivity index (χ2v) is 5.92. The molecule has 2 aliphatic carbocycles. The van der Waals surface area contributed by atoms with Crippen LogP contribution in [0.5, 0.6) is 0 Å². The molecule has 5 nitrogen and oxygen atoms in total. The highest BCUT2D eigenvalue weighted by Gasteiger charge is 2.34. The minimum Gasteiger partial charge on any atom is -0.326 e. The minimum absolute atomic E-state index is 0.137. The van der Waals surface area contributed by atoms with Crippen LogP contribution in [-0.2, 0) is 4.79 Å². The molecule has 0 aliphatic heterocycles. The smallest absolute Gasteiger partial charge is 0.271 e. The van der Waals surface area contributed by atoms with Gasteiger partial charge in [-0.25, -0.2) is 5.43 Å². The largest absolute Gasteiger partial charge is 0.326 e. The second-order valence-electron chi connectivity index (χ2n) is 5.92. The van der Waals surface area contributed by atoms with Crippen LogP contribution in [-0.4, -0.2) is 18.0 Å². The van der Waals surface area contributed by atoms with E-state index in [-0.39, 0.29) is 11.8 Å². The first-order valence-electron chi connectivity index (χ1n) is 7.51. The van der Waals surface area contributed by atoms with Gasteiger partial charge in [0.2, 0.25) is 5.91 Å². The number of benzene rings is 1. The quantitative estimate of drug-likeness (QED) is 0.509.